The second-order valence-electron chi connectivity index (χ2n) is 10.1. The van der Waals surface area contributed by atoms with E-state index in [1.807, 2.05) is 0 Å². The van der Waals surface area contributed by atoms with Gasteiger partial charge >= 0.3 is 65.4 Å². The molecule has 1 rings (SSSR count). The smallest absolute Gasteiger partial charge is 0.349 e. The van der Waals surface area contributed by atoms with E-state index >= 15 is 0 Å². The van der Waals surface area contributed by atoms with E-state index in [-0.39, 0.29) is 12.5 Å². The lowest BCUT2D eigenvalue weighted by molar-refractivity contribution is -0.478. The Morgan fingerprint density at radius 1 is 0.620 bits per heavy atom. The van der Waals surface area contributed by atoms with E-state index in [1.54, 1.807) is 0 Å². The minimum absolute atomic E-state index is 0.0359. The third-order valence-electron chi connectivity index (χ3n) is 6.55. The molecular formula is C23H13F23N2O2. The SMILES string of the molecule is Cc1cccc(C(=O)NC(C)CC(F)(F)C(F)(F)C(F)(F)C(F)(F)C(F)(F)C(F)(F)C(F)(F)C(F)(F)C(F)(F)C(F)(F)C(F)(F)F)c1N=C=O. The topological polar surface area (TPSA) is 58.5 Å². The van der Waals surface area contributed by atoms with Crippen LogP contribution in [0.5, 0.6) is 0 Å². The van der Waals surface area contributed by atoms with Crippen LogP contribution in [0.25, 0.3) is 0 Å². The van der Waals surface area contributed by atoms with Gasteiger partial charge in [0.2, 0.25) is 6.08 Å². The quantitative estimate of drug-likeness (QED) is 0.116. The number of halogens is 23. The summed E-state index contributed by atoms with van der Waals surface area (Å²) in [6, 6.07) is 0.230. The van der Waals surface area contributed by atoms with Crippen LogP contribution in [-0.2, 0) is 4.79 Å². The van der Waals surface area contributed by atoms with Gasteiger partial charge in [-0.15, -0.1) is 0 Å². The lowest BCUT2D eigenvalue weighted by Crippen LogP contribution is -2.77. The Morgan fingerprint density at radius 3 is 1.30 bits per heavy atom. The molecule has 1 amide bonds. The van der Waals surface area contributed by atoms with Crippen molar-refractivity contribution < 1.29 is 111 Å². The van der Waals surface area contributed by atoms with Crippen LogP contribution in [0.3, 0.4) is 0 Å². The normalized spacial score (nSPS) is 15.8. The number of benzene rings is 1. The molecular weight excluding hydrogens is 773 g/mol. The summed E-state index contributed by atoms with van der Waals surface area (Å²) in [6.07, 6.45) is -10.3. The highest BCUT2D eigenvalue weighted by molar-refractivity contribution is 6.00. The molecule has 1 unspecified atom stereocenters. The van der Waals surface area contributed by atoms with Crippen molar-refractivity contribution in [2.24, 2.45) is 4.99 Å². The van der Waals surface area contributed by atoms with Crippen LogP contribution in [0.4, 0.5) is 107 Å². The van der Waals surface area contributed by atoms with Crippen LogP contribution >= 0.6 is 0 Å². The fraction of sp³-hybridized carbons (Fsp3) is 0.652. The van der Waals surface area contributed by atoms with E-state index in [9.17, 15) is 111 Å². The Kier molecular flexibility index (Phi) is 11.2. The van der Waals surface area contributed by atoms with Crippen molar-refractivity contribution in [2.75, 3.05) is 0 Å². The number of hydrogen-bond donors (Lipinski definition) is 1. The van der Waals surface area contributed by atoms with Gasteiger partial charge in [-0.3, -0.25) is 4.79 Å². The Hall–Kier alpha value is -3.54. The first-order valence-electron chi connectivity index (χ1n) is 12.1. The van der Waals surface area contributed by atoms with Gasteiger partial charge in [0, 0.05) is 12.5 Å². The molecule has 0 saturated carbocycles. The molecule has 1 aromatic carbocycles. The Morgan fingerprint density at radius 2 is 0.960 bits per heavy atom. The average Bonchev–Trinajstić information content (AvgIpc) is 2.92. The molecule has 0 aromatic heterocycles. The van der Waals surface area contributed by atoms with E-state index in [0.717, 1.165) is 31.2 Å². The molecule has 27 heteroatoms. The first-order valence-corrected chi connectivity index (χ1v) is 12.1. The highest BCUT2D eigenvalue weighted by Crippen LogP contribution is 2.67. The number of rotatable bonds is 14. The molecule has 0 radical (unpaired) electrons. The largest absolute Gasteiger partial charge is 0.460 e. The number of para-hydroxylation sites is 1. The van der Waals surface area contributed by atoms with Gasteiger partial charge in [-0.2, -0.15) is 106 Å². The van der Waals surface area contributed by atoms with Gasteiger partial charge in [0.25, 0.3) is 5.91 Å². The van der Waals surface area contributed by atoms with E-state index in [1.165, 1.54) is 5.32 Å². The Labute approximate surface area is 260 Å². The number of isocyanates is 1. The van der Waals surface area contributed by atoms with Crippen LogP contribution < -0.4 is 5.32 Å². The maximum atomic E-state index is 14.3. The second kappa shape index (κ2) is 12.6. The van der Waals surface area contributed by atoms with E-state index in [2.05, 4.69) is 4.99 Å². The zero-order valence-corrected chi connectivity index (χ0v) is 23.5. The molecule has 288 valence electrons. The summed E-state index contributed by atoms with van der Waals surface area (Å²) in [5.41, 5.74) is -1.39. The molecule has 4 nitrogen and oxygen atoms in total. The molecule has 0 spiro atoms. The van der Waals surface area contributed by atoms with Crippen LogP contribution in [0.1, 0.15) is 29.3 Å². The van der Waals surface area contributed by atoms with Crippen LogP contribution in [0.15, 0.2) is 23.2 Å². The van der Waals surface area contributed by atoms with Crippen molar-refractivity contribution in [3.63, 3.8) is 0 Å². The van der Waals surface area contributed by atoms with Crippen molar-refractivity contribution >= 4 is 17.7 Å². The summed E-state index contributed by atoms with van der Waals surface area (Å²) in [6.45, 7) is 1.34. The minimum atomic E-state index is -9.48. The molecule has 0 aliphatic heterocycles. The number of aryl methyl sites for hydroxylation is 1. The maximum Gasteiger partial charge on any atom is 0.460 e. The number of hydrogen-bond acceptors (Lipinski definition) is 3. The molecule has 50 heavy (non-hydrogen) atoms. The van der Waals surface area contributed by atoms with Crippen LogP contribution in [0.2, 0.25) is 0 Å². The fourth-order valence-corrected chi connectivity index (χ4v) is 3.69. The molecule has 1 aromatic rings. The molecule has 1 N–H and O–H groups in total. The highest BCUT2D eigenvalue weighted by Gasteiger charge is 2.98. The predicted octanol–water partition coefficient (Wildman–Crippen LogP) is 9.39. The van der Waals surface area contributed by atoms with E-state index < -0.39 is 95.0 Å². The molecule has 0 saturated heterocycles. The first kappa shape index (κ1) is 44.5. The summed E-state index contributed by atoms with van der Waals surface area (Å²) in [5.74, 6) is -90.3. The number of nitrogens with one attached hydrogen (secondary N) is 1. The summed E-state index contributed by atoms with van der Waals surface area (Å²) in [5, 5.41) is 1.33. The third-order valence-corrected chi connectivity index (χ3v) is 6.55. The highest BCUT2D eigenvalue weighted by atomic mass is 19.4. The summed E-state index contributed by atoms with van der Waals surface area (Å²) >= 11 is 0. The molecule has 0 heterocycles. The predicted molar refractivity (Wildman–Crippen MR) is 116 cm³/mol. The Balaban J connectivity index is 3.65. The zero-order valence-electron chi connectivity index (χ0n) is 23.5. The number of carbonyl (C=O) groups is 1. The van der Waals surface area contributed by atoms with Crippen molar-refractivity contribution in [2.45, 2.75) is 91.7 Å². The summed E-state index contributed by atoms with van der Waals surface area (Å²) in [4.78, 5) is 25.9. The number of alkyl halides is 23. The first-order chi connectivity index (χ1) is 21.7. The number of nitrogens with zero attached hydrogens (tertiary/aromatic N) is 1. The number of carbonyl (C=O) groups excluding carboxylic acids is 2. The molecule has 0 aliphatic rings. The molecule has 0 fully saturated rings. The van der Waals surface area contributed by atoms with Gasteiger partial charge in [-0.25, -0.2) is 4.79 Å². The van der Waals surface area contributed by atoms with Gasteiger partial charge in [0.1, 0.15) is 0 Å². The zero-order chi connectivity index (χ0) is 40.3. The molecule has 0 bridgehead atoms. The Bertz CT molecular complexity index is 1480. The van der Waals surface area contributed by atoms with Crippen LogP contribution in [-0.4, -0.2) is 83.4 Å². The van der Waals surface area contributed by atoms with Gasteiger partial charge in [-0.05, 0) is 25.5 Å². The monoisotopic (exact) mass is 786 g/mol. The van der Waals surface area contributed by atoms with Crippen molar-refractivity contribution in [3.05, 3.63) is 29.3 Å². The molecule has 0 aliphatic carbocycles. The average molecular weight is 786 g/mol. The van der Waals surface area contributed by atoms with Crippen molar-refractivity contribution in [3.8, 4) is 0 Å². The van der Waals surface area contributed by atoms with Gasteiger partial charge < -0.3 is 5.32 Å². The summed E-state index contributed by atoms with van der Waals surface area (Å²) in [7, 11) is 0. The third kappa shape index (κ3) is 6.19. The fourth-order valence-electron chi connectivity index (χ4n) is 3.69. The van der Waals surface area contributed by atoms with Crippen molar-refractivity contribution in [1.29, 1.82) is 0 Å². The maximum absolute atomic E-state index is 14.3. The lowest BCUT2D eigenvalue weighted by atomic mass is 9.84. The lowest BCUT2D eigenvalue weighted by Gasteiger charge is -2.45. The van der Waals surface area contributed by atoms with Crippen LogP contribution in [0, 0.1) is 6.92 Å². The number of amides is 1. The van der Waals surface area contributed by atoms with Gasteiger partial charge in [-0.1, -0.05) is 12.1 Å². The van der Waals surface area contributed by atoms with Gasteiger partial charge in [0.15, 0.2) is 0 Å². The van der Waals surface area contributed by atoms with Crippen molar-refractivity contribution in [1.82, 2.24) is 5.32 Å². The van der Waals surface area contributed by atoms with Gasteiger partial charge in [0.05, 0.1) is 11.3 Å². The van der Waals surface area contributed by atoms with E-state index in [4.69, 9.17) is 0 Å². The van der Waals surface area contributed by atoms with E-state index in [0.29, 0.717) is 0 Å². The minimum Gasteiger partial charge on any atom is -0.349 e. The second-order valence-corrected chi connectivity index (χ2v) is 10.1. The number of aliphatic imine (C=N–C) groups is 1. The standard InChI is InChI=1S/C23H13F23N2O2/c1-8-4-3-5-10(11(8)47-7-49)12(50)48-9(2)6-13(24,25)14(26,27)15(28,29)16(30,31)17(32,33)18(34,35)19(36,37)20(38,39)21(40,41)22(42,43)23(44,45)46/h3-5,9H,6H2,1-2H3,(H,48,50). The molecule has 1 atom stereocenters. The summed E-state index contributed by atoms with van der Waals surface area (Å²) < 4.78 is 312.